The summed E-state index contributed by atoms with van der Waals surface area (Å²) in [6.07, 6.45) is 0.476. The molecule has 0 saturated carbocycles. The summed E-state index contributed by atoms with van der Waals surface area (Å²) < 4.78 is 0. The summed E-state index contributed by atoms with van der Waals surface area (Å²) >= 11 is 0. The van der Waals surface area contributed by atoms with Crippen molar-refractivity contribution in [1.29, 1.82) is 0 Å². The van der Waals surface area contributed by atoms with Crippen LogP contribution in [0.15, 0.2) is 24.3 Å². The smallest absolute Gasteiger partial charge is 0.226 e. The summed E-state index contributed by atoms with van der Waals surface area (Å²) in [5.41, 5.74) is 1.55. The van der Waals surface area contributed by atoms with Crippen LogP contribution >= 0.6 is 0 Å². The normalized spacial score (nSPS) is 9.69. The van der Waals surface area contributed by atoms with Gasteiger partial charge >= 0.3 is 0 Å². The number of hydrogen-bond donors (Lipinski definition) is 1. The van der Waals surface area contributed by atoms with E-state index in [1.54, 1.807) is 36.2 Å². The monoisotopic (exact) mass is 220 g/mol. The molecule has 0 unspecified atom stereocenters. The number of carbonyl (C=O) groups is 2. The van der Waals surface area contributed by atoms with Crippen LogP contribution in [0.5, 0.6) is 0 Å². The average Bonchev–Trinajstić information content (AvgIpc) is 2.27. The Hall–Kier alpha value is -1.84. The van der Waals surface area contributed by atoms with Gasteiger partial charge in [-0.15, -0.1) is 0 Å². The van der Waals surface area contributed by atoms with E-state index in [0.29, 0.717) is 6.42 Å². The minimum Gasteiger partial charge on any atom is -0.326 e. The Labute approximate surface area is 95.3 Å². The molecule has 16 heavy (non-hydrogen) atoms. The van der Waals surface area contributed by atoms with Gasteiger partial charge in [-0.2, -0.15) is 0 Å². The predicted molar refractivity (Wildman–Crippen MR) is 64.4 cm³/mol. The predicted octanol–water partition coefficient (Wildman–Crippen LogP) is 2.02. The molecule has 0 aromatic heterocycles. The van der Waals surface area contributed by atoms with E-state index >= 15 is 0 Å². The molecule has 1 N–H and O–H groups in total. The Morgan fingerprint density at radius 1 is 1.25 bits per heavy atom. The summed E-state index contributed by atoms with van der Waals surface area (Å²) in [6, 6.07) is 7.16. The molecule has 4 nitrogen and oxygen atoms in total. The minimum absolute atomic E-state index is 0.0623. The lowest BCUT2D eigenvalue weighted by Crippen LogP contribution is -2.24. The third-order valence-corrected chi connectivity index (χ3v) is 2.25. The molecule has 0 atom stereocenters. The number of benzene rings is 1. The maximum Gasteiger partial charge on any atom is 0.226 e. The third-order valence-electron chi connectivity index (χ3n) is 2.25. The van der Waals surface area contributed by atoms with Crippen molar-refractivity contribution in [1.82, 2.24) is 0 Å². The van der Waals surface area contributed by atoms with Gasteiger partial charge in [-0.25, -0.2) is 0 Å². The highest BCUT2D eigenvalue weighted by Crippen LogP contribution is 2.17. The Kier molecular flexibility index (Phi) is 4.05. The average molecular weight is 220 g/mol. The molecule has 1 aromatic rings. The molecule has 1 rings (SSSR count). The van der Waals surface area contributed by atoms with Gasteiger partial charge in [0.15, 0.2) is 0 Å². The second-order valence-corrected chi connectivity index (χ2v) is 3.53. The van der Waals surface area contributed by atoms with E-state index in [2.05, 4.69) is 5.32 Å². The van der Waals surface area contributed by atoms with Gasteiger partial charge < -0.3 is 10.2 Å². The fraction of sp³-hybridized carbons (Fsp3) is 0.333. The topological polar surface area (TPSA) is 49.4 Å². The molecule has 4 heteroatoms. The molecular weight excluding hydrogens is 204 g/mol. The highest BCUT2D eigenvalue weighted by Gasteiger charge is 2.07. The van der Waals surface area contributed by atoms with Crippen LogP contribution in [0.25, 0.3) is 0 Å². The Bertz CT molecular complexity index is 385. The van der Waals surface area contributed by atoms with Crippen molar-refractivity contribution in [3.05, 3.63) is 24.3 Å². The largest absolute Gasteiger partial charge is 0.326 e. The maximum absolute atomic E-state index is 11.4. The molecule has 0 fully saturated rings. The van der Waals surface area contributed by atoms with Gasteiger partial charge in [0.1, 0.15) is 0 Å². The van der Waals surface area contributed by atoms with Crippen LogP contribution in [0.3, 0.4) is 0 Å². The molecule has 0 spiro atoms. The van der Waals surface area contributed by atoms with Gasteiger partial charge in [0.25, 0.3) is 0 Å². The number of carbonyl (C=O) groups excluding carboxylic acids is 2. The van der Waals surface area contributed by atoms with Gasteiger partial charge in [-0.1, -0.05) is 6.92 Å². The molecule has 0 aliphatic heterocycles. The second-order valence-electron chi connectivity index (χ2n) is 3.53. The first-order chi connectivity index (χ1) is 7.54. The van der Waals surface area contributed by atoms with Crippen LogP contribution in [0.2, 0.25) is 0 Å². The summed E-state index contributed by atoms with van der Waals surface area (Å²) in [5, 5.41) is 2.67. The standard InChI is InChI=1S/C12H16N2O2/c1-4-12(16)14(3)11-7-5-10(6-8-11)13-9(2)15/h5-8H,4H2,1-3H3,(H,13,15). The van der Waals surface area contributed by atoms with Crippen LogP contribution < -0.4 is 10.2 Å². The lowest BCUT2D eigenvalue weighted by Gasteiger charge is -2.16. The molecule has 0 heterocycles. The van der Waals surface area contributed by atoms with Crippen molar-refractivity contribution < 1.29 is 9.59 Å². The van der Waals surface area contributed by atoms with Crippen LogP contribution in [0.1, 0.15) is 20.3 Å². The van der Waals surface area contributed by atoms with Crippen molar-refractivity contribution >= 4 is 23.2 Å². The third kappa shape index (κ3) is 3.08. The van der Waals surface area contributed by atoms with E-state index in [-0.39, 0.29) is 11.8 Å². The van der Waals surface area contributed by atoms with Gasteiger partial charge in [0.2, 0.25) is 11.8 Å². The van der Waals surface area contributed by atoms with E-state index in [9.17, 15) is 9.59 Å². The SMILES string of the molecule is CCC(=O)N(C)c1ccc(NC(C)=O)cc1. The first-order valence-corrected chi connectivity index (χ1v) is 5.18. The van der Waals surface area contributed by atoms with E-state index < -0.39 is 0 Å². The van der Waals surface area contributed by atoms with Crippen LogP contribution in [0.4, 0.5) is 11.4 Å². The summed E-state index contributed by atoms with van der Waals surface area (Å²) in [4.78, 5) is 23.8. The quantitative estimate of drug-likeness (QED) is 0.847. The zero-order valence-electron chi connectivity index (χ0n) is 9.78. The van der Waals surface area contributed by atoms with Gasteiger partial charge in [0.05, 0.1) is 0 Å². The fourth-order valence-corrected chi connectivity index (χ4v) is 1.35. The van der Waals surface area contributed by atoms with Crippen molar-refractivity contribution in [3.8, 4) is 0 Å². The van der Waals surface area contributed by atoms with Crippen molar-refractivity contribution in [2.45, 2.75) is 20.3 Å². The molecule has 0 saturated heterocycles. The molecular formula is C12H16N2O2. The van der Waals surface area contributed by atoms with E-state index in [0.717, 1.165) is 11.4 Å². The number of amides is 2. The van der Waals surface area contributed by atoms with Crippen LogP contribution in [-0.2, 0) is 9.59 Å². The number of hydrogen-bond acceptors (Lipinski definition) is 2. The molecule has 0 aliphatic carbocycles. The summed E-state index contributed by atoms with van der Waals surface area (Å²) in [7, 11) is 1.74. The number of nitrogens with one attached hydrogen (secondary N) is 1. The highest BCUT2D eigenvalue weighted by atomic mass is 16.2. The lowest BCUT2D eigenvalue weighted by molar-refractivity contribution is -0.118. The Balaban J connectivity index is 2.78. The van der Waals surface area contributed by atoms with Crippen molar-refractivity contribution in [2.75, 3.05) is 17.3 Å². The highest BCUT2D eigenvalue weighted by molar-refractivity contribution is 5.93. The van der Waals surface area contributed by atoms with E-state index in [1.165, 1.54) is 6.92 Å². The van der Waals surface area contributed by atoms with Crippen molar-refractivity contribution in [2.24, 2.45) is 0 Å². The summed E-state index contributed by atoms with van der Waals surface area (Å²) in [6.45, 7) is 3.28. The Morgan fingerprint density at radius 2 is 1.81 bits per heavy atom. The molecule has 0 bridgehead atoms. The Morgan fingerprint density at radius 3 is 2.25 bits per heavy atom. The van der Waals surface area contributed by atoms with Crippen LogP contribution in [0, 0.1) is 0 Å². The lowest BCUT2D eigenvalue weighted by atomic mass is 10.2. The number of rotatable bonds is 3. The van der Waals surface area contributed by atoms with Crippen LogP contribution in [-0.4, -0.2) is 18.9 Å². The zero-order valence-corrected chi connectivity index (χ0v) is 9.78. The van der Waals surface area contributed by atoms with Crippen molar-refractivity contribution in [3.63, 3.8) is 0 Å². The molecule has 86 valence electrons. The second kappa shape index (κ2) is 5.30. The molecule has 1 aromatic carbocycles. The number of nitrogens with zero attached hydrogens (tertiary/aromatic N) is 1. The maximum atomic E-state index is 11.4. The van der Waals surface area contributed by atoms with E-state index in [4.69, 9.17) is 0 Å². The zero-order chi connectivity index (χ0) is 12.1. The van der Waals surface area contributed by atoms with Gasteiger partial charge in [-0.3, -0.25) is 9.59 Å². The summed E-state index contributed by atoms with van der Waals surface area (Å²) in [5.74, 6) is -0.0435. The fourth-order valence-electron chi connectivity index (χ4n) is 1.35. The van der Waals surface area contributed by atoms with E-state index in [1.807, 2.05) is 6.92 Å². The molecule has 0 radical (unpaired) electrons. The van der Waals surface area contributed by atoms with Gasteiger partial charge in [0, 0.05) is 31.8 Å². The first kappa shape index (κ1) is 12.2. The van der Waals surface area contributed by atoms with Gasteiger partial charge in [-0.05, 0) is 24.3 Å². The molecule has 2 amide bonds. The first-order valence-electron chi connectivity index (χ1n) is 5.18. The minimum atomic E-state index is -0.106. The molecule has 0 aliphatic rings. The number of anilines is 2.